The maximum atomic E-state index is 11.0. The zero-order chi connectivity index (χ0) is 17.7. The Hall–Kier alpha value is -2.06. The fraction of sp³-hybridized carbons (Fsp3) is 0.625. The van der Waals surface area contributed by atoms with E-state index in [4.69, 9.17) is 4.74 Å². The lowest BCUT2D eigenvalue weighted by Gasteiger charge is -2.35. The number of hydrogen-bond donors (Lipinski definition) is 0. The van der Waals surface area contributed by atoms with Gasteiger partial charge in [0, 0.05) is 36.1 Å². The highest BCUT2D eigenvalue weighted by molar-refractivity contribution is 5.34. The Bertz CT molecular complexity index is 568. The van der Waals surface area contributed by atoms with Gasteiger partial charge in [0.15, 0.2) is 0 Å². The molecule has 0 aliphatic carbocycles. The van der Waals surface area contributed by atoms with Crippen LogP contribution in [-0.2, 0) is 4.74 Å². The van der Waals surface area contributed by atoms with Crippen molar-refractivity contribution in [1.29, 1.82) is 0 Å². The van der Waals surface area contributed by atoms with E-state index < -0.39 is 4.92 Å². The van der Waals surface area contributed by atoms with Crippen LogP contribution in [-0.4, -0.2) is 53.1 Å². The molecular formula is C16H23N3O5. The first kappa shape index (κ1) is 18.3. The summed E-state index contributed by atoms with van der Waals surface area (Å²) in [4.78, 5) is 23.2. The Labute approximate surface area is 140 Å². The van der Waals surface area contributed by atoms with Gasteiger partial charge in [0.1, 0.15) is 0 Å². The summed E-state index contributed by atoms with van der Waals surface area (Å²) in [6.07, 6.45) is 0.947. The zero-order valence-corrected chi connectivity index (χ0v) is 14.0. The number of non-ortho nitro benzene ring substituents is 1. The van der Waals surface area contributed by atoms with Crippen LogP contribution in [0, 0.1) is 20.2 Å². The van der Waals surface area contributed by atoms with Gasteiger partial charge in [0.05, 0.1) is 17.1 Å². The molecule has 0 aromatic heterocycles. The van der Waals surface area contributed by atoms with Crippen LogP contribution >= 0.6 is 0 Å². The average molecular weight is 337 g/mol. The standard InChI is InChI=1S/C16H23N3O5/c1-12-9-17(10-13(2)24-12)8-7-15(11-18(20)21)14-3-5-16(6-4-14)19(22)23/h3-6,12-13,15H,7-11H2,1-2H3/t12-,13-,15+/m1/s1. The molecule has 0 saturated carbocycles. The Morgan fingerprint density at radius 3 is 2.25 bits per heavy atom. The van der Waals surface area contributed by atoms with E-state index in [-0.39, 0.29) is 35.3 Å². The fourth-order valence-electron chi connectivity index (χ4n) is 3.22. The molecule has 24 heavy (non-hydrogen) atoms. The number of ether oxygens (including phenoxy) is 1. The number of rotatable bonds is 7. The average Bonchev–Trinajstić information content (AvgIpc) is 2.50. The van der Waals surface area contributed by atoms with Crippen molar-refractivity contribution in [1.82, 2.24) is 4.90 Å². The van der Waals surface area contributed by atoms with Gasteiger partial charge in [-0.2, -0.15) is 0 Å². The molecule has 1 heterocycles. The lowest BCUT2D eigenvalue weighted by Crippen LogP contribution is -2.46. The van der Waals surface area contributed by atoms with Crippen LogP contribution in [0.3, 0.4) is 0 Å². The molecule has 0 radical (unpaired) electrons. The molecule has 1 saturated heterocycles. The van der Waals surface area contributed by atoms with Gasteiger partial charge in [0.25, 0.3) is 5.69 Å². The third-order valence-corrected chi connectivity index (χ3v) is 4.23. The van der Waals surface area contributed by atoms with Crippen LogP contribution in [0.25, 0.3) is 0 Å². The van der Waals surface area contributed by atoms with E-state index in [0.717, 1.165) is 25.2 Å². The minimum absolute atomic E-state index is 0.00516. The normalized spacial score (nSPS) is 22.9. The molecule has 1 aliphatic rings. The fourth-order valence-corrected chi connectivity index (χ4v) is 3.22. The maximum Gasteiger partial charge on any atom is 0.269 e. The first-order chi connectivity index (χ1) is 11.3. The van der Waals surface area contributed by atoms with Gasteiger partial charge < -0.3 is 4.74 Å². The molecule has 2 rings (SSSR count). The molecule has 0 unspecified atom stereocenters. The third-order valence-electron chi connectivity index (χ3n) is 4.23. The molecule has 1 fully saturated rings. The Balaban J connectivity index is 2.02. The van der Waals surface area contributed by atoms with Crippen LogP contribution < -0.4 is 0 Å². The second-order valence-electron chi connectivity index (χ2n) is 6.37. The van der Waals surface area contributed by atoms with Crippen molar-refractivity contribution in [2.24, 2.45) is 0 Å². The number of nitrogens with zero attached hydrogens (tertiary/aromatic N) is 3. The number of hydrogen-bond acceptors (Lipinski definition) is 6. The molecule has 0 bridgehead atoms. The van der Waals surface area contributed by atoms with Crippen molar-refractivity contribution in [2.45, 2.75) is 38.4 Å². The van der Waals surface area contributed by atoms with Gasteiger partial charge in [-0.25, -0.2) is 0 Å². The van der Waals surface area contributed by atoms with Crippen molar-refractivity contribution in [3.63, 3.8) is 0 Å². The lowest BCUT2D eigenvalue weighted by atomic mass is 9.95. The van der Waals surface area contributed by atoms with Crippen molar-refractivity contribution in [2.75, 3.05) is 26.2 Å². The summed E-state index contributed by atoms with van der Waals surface area (Å²) < 4.78 is 5.69. The summed E-state index contributed by atoms with van der Waals surface area (Å²) in [5.74, 6) is -0.255. The van der Waals surface area contributed by atoms with Gasteiger partial charge in [-0.1, -0.05) is 12.1 Å². The number of nitro groups is 2. The SMILES string of the molecule is C[C@@H]1CN(CC[C@@H](C[N+](=O)[O-])c2ccc([N+](=O)[O-])cc2)C[C@@H](C)O1. The molecule has 3 atom stereocenters. The van der Waals surface area contributed by atoms with E-state index in [1.807, 2.05) is 13.8 Å². The second kappa shape index (κ2) is 8.16. The predicted molar refractivity (Wildman–Crippen MR) is 88.8 cm³/mol. The summed E-state index contributed by atoms with van der Waals surface area (Å²) in [5, 5.41) is 21.7. The Morgan fingerprint density at radius 1 is 1.17 bits per heavy atom. The topological polar surface area (TPSA) is 98.8 Å². The molecule has 8 heteroatoms. The summed E-state index contributed by atoms with van der Waals surface area (Å²) in [6.45, 7) is 6.24. The molecule has 1 aromatic rings. The summed E-state index contributed by atoms with van der Waals surface area (Å²) in [6, 6.07) is 6.05. The van der Waals surface area contributed by atoms with Crippen LogP contribution in [0.4, 0.5) is 5.69 Å². The van der Waals surface area contributed by atoms with E-state index in [9.17, 15) is 20.2 Å². The summed E-state index contributed by atoms with van der Waals surface area (Å²) in [7, 11) is 0. The molecule has 0 N–H and O–H groups in total. The number of nitro benzene ring substituents is 1. The molecule has 8 nitrogen and oxygen atoms in total. The van der Waals surface area contributed by atoms with E-state index >= 15 is 0 Å². The zero-order valence-electron chi connectivity index (χ0n) is 14.0. The van der Waals surface area contributed by atoms with Crippen molar-refractivity contribution in [3.05, 3.63) is 50.1 Å². The second-order valence-corrected chi connectivity index (χ2v) is 6.37. The number of benzene rings is 1. The molecule has 1 aliphatic heterocycles. The highest BCUT2D eigenvalue weighted by atomic mass is 16.6. The molecule has 0 amide bonds. The summed E-state index contributed by atoms with van der Waals surface area (Å²) in [5.41, 5.74) is 0.765. The molecule has 0 spiro atoms. The molecule has 132 valence electrons. The number of morpholine rings is 1. The van der Waals surface area contributed by atoms with E-state index in [1.54, 1.807) is 12.1 Å². The van der Waals surface area contributed by atoms with Crippen LogP contribution in [0.5, 0.6) is 0 Å². The predicted octanol–water partition coefficient (Wildman–Crippen LogP) is 2.45. The minimum Gasteiger partial charge on any atom is -0.373 e. The maximum absolute atomic E-state index is 11.0. The van der Waals surface area contributed by atoms with Gasteiger partial charge in [-0.3, -0.25) is 25.1 Å². The van der Waals surface area contributed by atoms with E-state index in [2.05, 4.69) is 4.90 Å². The van der Waals surface area contributed by atoms with Crippen molar-refractivity contribution < 1.29 is 14.6 Å². The van der Waals surface area contributed by atoms with Crippen LogP contribution in [0.15, 0.2) is 24.3 Å². The van der Waals surface area contributed by atoms with Crippen molar-refractivity contribution >= 4 is 5.69 Å². The highest BCUT2D eigenvalue weighted by Gasteiger charge is 2.25. The van der Waals surface area contributed by atoms with Crippen LogP contribution in [0.2, 0.25) is 0 Å². The first-order valence-corrected chi connectivity index (χ1v) is 8.09. The highest BCUT2D eigenvalue weighted by Crippen LogP contribution is 2.24. The van der Waals surface area contributed by atoms with Gasteiger partial charge in [-0.15, -0.1) is 0 Å². The third kappa shape index (κ3) is 5.24. The van der Waals surface area contributed by atoms with E-state index in [1.165, 1.54) is 12.1 Å². The Kier molecular flexibility index (Phi) is 6.22. The van der Waals surface area contributed by atoms with Crippen LogP contribution in [0.1, 0.15) is 31.7 Å². The van der Waals surface area contributed by atoms with E-state index in [0.29, 0.717) is 6.42 Å². The molecular weight excluding hydrogens is 314 g/mol. The smallest absolute Gasteiger partial charge is 0.269 e. The Morgan fingerprint density at radius 2 is 1.75 bits per heavy atom. The monoisotopic (exact) mass is 337 g/mol. The molecule has 1 aromatic carbocycles. The summed E-state index contributed by atoms with van der Waals surface area (Å²) >= 11 is 0. The quantitative estimate of drug-likeness (QED) is 0.560. The largest absolute Gasteiger partial charge is 0.373 e. The lowest BCUT2D eigenvalue weighted by molar-refractivity contribution is -0.483. The first-order valence-electron chi connectivity index (χ1n) is 8.09. The van der Waals surface area contributed by atoms with Crippen molar-refractivity contribution in [3.8, 4) is 0 Å². The minimum atomic E-state index is -0.469. The van der Waals surface area contributed by atoms with Gasteiger partial charge >= 0.3 is 0 Å². The van der Waals surface area contributed by atoms with Gasteiger partial charge in [-0.05, 0) is 32.4 Å². The van der Waals surface area contributed by atoms with Gasteiger partial charge in [0.2, 0.25) is 6.54 Å².